The van der Waals surface area contributed by atoms with Gasteiger partial charge in [-0.25, -0.2) is 0 Å². The summed E-state index contributed by atoms with van der Waals surface area (Å²) in [6.07, 6.45) is 0.771. The molecule has 2 N–H and O–H groups in total. The van der Waals surface area contributed by atoms with Crippen molar-refractivity contribution in [3.05, 3.63) is 53.6 Å². The summed E-state index contributed by atoms with van der Waals surface area (Å²) >= 11 is 0. The monoisotopic (exact) mass is 379 g/mol. The second-order valence-corrected chi connectivity index (χ2v) is 8.00. The highest BCUT2D eigenvalue weighted by Crippen LogP contribution is 2.30. The first-order valence-electron chi connectivity index (χ1n) is 9.29. The number of nitrogens with one attached hydrogen (secondary N) is 2. The van der Waals surface area contributed by atoms with Crippen molar-refractivity contribution in [2.75, 3.05) is 22.1 Å². The van der Waals surface area contributed by atoms with Crippen molar-refractivity contribution in [3.8, 4) is 0 Å². The fraction of sp³-hybridized carbons (Fsp3) is 0.318. The number of carbonyl (C=O) groups excluding carboxylic acids is 3. The zero-order chi connectivity index (χ0) is 20.5. The lowest BCUT2D eigenvalue weighted by Gasteiger charge is -2.18. The molecule has 2 aromatic carbocycles. The number of fused-ring (bicyclic) bond motifs is 1. The van der Waals surface area contributed by atoms with Crippen LogP contribution in [0, 0.1) is 5.41 Å². The third-order valence-corrected chi connectivity index (χ3v) is 4.68. The molecule has 1 aliphatic rings. The summed E-state index contributed by atoms with van der Waals surface area (Å²) in [6.45, 7) is 7.72. The third kappa shape index (κ3) is 4.22. The summed E-state index contributed by atoms with van der Waals surface area (Å²) in [4.78, 5) is 38.2. The van der Waals surface area contributed by atoms with Gasteiger partial charge in [0.15, 0.2) is 0 Å². The Morgan fingerprint density at radius 2 is 1.68 bits per heavy atom. The van der Waals surface area contributed by atoms with Crippen LogP contribution in [0.4, 0.5) is 17.1 Å². The van der Waals surface area contributed by atoms with Crippen molar-refractivity contribution in [2.45, 2.75) is 34.1 Å². The van der Waals surface area contributed by atoms with Crippen LogP contribution in [0.15, 0.2) is 42.5 Å². The van der Waals surface area contributed by atoms with Gasteiger partial charge in [0.25, 0.3) is 5.91 Å². The van der Waals surface area contributed by atoms with E-state index in [0.717, 1.165) is 17.7 Å². The van der Waals surface area contributed by atoms with Gasteiger partial charge in [0.05, 0.1) is 0 Å². The lowest BCUT2D eigenvalue weighted by atomic mass is 9.95. The molecule has 0 saturated heterocycles. The van der Waals surface area contributed by atoms with Crippen LogP contribution < -0.4 is 15.5 Å². The van der Waals surface area contributed by atoms with Gasteiger partial charge in [-0.15, -0.1) is 0 Å². The molecule has 0 atom stereocenters. The molecule has 1 heterocycles. The molecule has 3 amide bonds. The number of benzene rings is 2. The summed E-state index contributed by atoms with van der Waals surface area (Å²) in [5.41, 5.74) is 3.14. The highest BCUT2D eigenvalue weighted by atomic mass is 16.2. The molecule has 1 aliphatic heterocycles. The van der Waals surface area contributed by atoms with E-state index in [1.807, 2.05) is 32.9 Å². The Kier molecular flexibility index (Phi) is 5.23. The van der Waals surface area contributed by atoms with Crippen molar-refractivity contribution in [1.29, 1.82) is 0 Å². The lowest BCUT2D eigenvalue weighted by Crippen LogP contribution is -2.27. The van der Waals surface area contributed by atoms with Crippen LogP contribution >= 0.6 is 0 Å². The van der Waals surface area contributed by atoms with Gasteiger partial charge in [0.2, 0.25) is 11.8 Å². The molecule has 0 fully saturated rings. The van der Waals surface area contributed by atoms with Gasteiger partial charge >= 0.3 is 0 Å². The summed E-state index contributed by atoms with van der Waals surface area (Å²) < 4.78 is 0. The van der Waals surface area contributed by atoms with Gasteiger partial charge in [-0.3, -0.25) is 14.4 Å². The van der Waals surface area contributed by atoms with E-state index in [1.54, 1.807) is 42.2 Å². The number of hydrogen-bond donors (Lipinski definition) is 2. The van der Waals surface area contributed by atoms with Gasteiger partial charge < -0.3 is 15.5 Å². The Morgan fingerprint density at radius 1 is 0.964 bits per heavy atom. The fourth-order valence-corrected chi connectivity index (χ4v) is 3.07. The predicted molar refractivity (Wildman–Crippen MR) is 111 cm³/mol. The van der Waals surface area contributed by atoms with Crippen LogP contribution in [0.25, 0.3) is 0 Å². The predicted octanol–water partition coefficient (Wildman–Crippen LogP) is 3.83. The molecule has 0 saturated carbocycles. The number of carbonyl (C=O) groups is 3. The summed E-state index contributed by atoms with van der Waals surface area (Å²) in [5, 5.41) is 5.72. The molecule has 0 bridgehead atoms. The first kappa shape index (κ1) is 19.6. The zero-order valence-electron chi connectivity index (χ0n) is 16.6. The molecular weight excluding hydrogens is 354 g/mol. The zero-order valence-corrected chi connectivity index (χ0v) is 16.6. The Bertz CT molecular complexity index is 944. The van der Waals surface area contributed by atoms with E-state index in [9.17, 15) is 14.4 Å². The van der Waals surface area contributed by atoms with Crippen LogP contribution in [0.2, 0.25) is 0 Å². The summed E-state index contributed by atoms with van der Waals surface area (Å²) in [6, 6.07) is 12.4. The molecule has 0 aliphatic carbocycles. The average Bonchev–Trinajstić information content (AvgIpc) is 3.04. The molecule has 0 spiro atoms. The molecule has 0 aromatic heterocycles. The first-order chi connectivity index (χ1) is 13.1. The quantitative estimate of drug-likeness (QED) is 0.851. The minimum atomic E-state index is -0.517. The molecule has 6 heteroatoms. The Hall–Kier alpha value is -3.15. The maximum Gasteiger partial charge on any atom is 0.255 e. The number of amides is 3. The van der Waals surface area contributed by atoms with Crippen LogP contribution in [0.1, 0.15) is 43.6 Å². The molecule has 3 rings (SSSR count). The van der Waals surface area contributed by atoms with Crippen LogP contribution in [0.3, 0.4) is 0 Å². The second kappa shape index (κ2) is 7.46. The van der Waals surface area contributed by atoms with Gasteiger partial charge in [-0.05, 0) is 48.4 Å². The minimum absolute atomic E-state index is 0.0182. The molecule has 146 valence electrons. The van der Waals surface area contributed by atoms with E-state index >= 15 is 0 Å². The maximum absolute atomic E-state index is 12.6. The maximum atomic E-state index is 12.6. The first-order valence-corrected chi connectivity index (χ1v) is 9.29. The molecule has 6 nitrogen and oxygen atoms in total. The van der Waals surface area contributed by atoms with Crippen molar-refractivity contribution in [3.63, 3.8) is 0 Å². The van der Waals surface area contributed by atoms with Crippen molar-refractivity contribution in [2.24, 2.45) is 5.41 Å². The smallest absolute Gasteiger partial charge is 0.255 e. The second-order valence-electron chi connectivity index (χ2n) is 8.00. The standard InChI is InChI=1S/C22H25N3O3/c1-14(26)25-11-10-15-12-18(8-9-19(15)25)23-20(27)16-6-5-7-17(13-16)24-21(28)22(2,3)4/h5-9,12-13H,10-11H2,1-4H3,(H,23,27)(H,24,28). The molecule has 28 heavy (non-hydrogen) atoms. The Morgan fingerprint density at radius 3 is 2.36 bits per heavy atom. The van der Waals surface area contributed by atoms with E-state index in [4.69, 9.17) is 0 Å². The SMILES string of the molecule is CC(=O)N1CCc2cc(NC(=O)c3cccc(NC(=O)C(C)(C)C)c3)ccc21. The molecular formula is C22H25N3O3. The number of hydrogen-bond acceptors (Lipinski definition) is 3. The van der Waals surface area contributed by atoms with Gasteiger partial charge in [-0.2, -0.15) is 0 Å². The van der Waals surface area contributed by atoms with E-state index < -0.39 is 5.41 Å². The summed E-state index contributed by atoms with van der Waals surface area (Å²) in [5.74, 6) is -0.350. The normalized spacial score (nSPS) is 13.1. The molecule has 0 unspecified atom stereocenters. The Labute approximate surface area is 164 Å². The number of rotatable bonds is 3. The molecule has 2 aromatic rings. The fourth-order valence-electron chi connectivity index (χ4n) is 3.07. The number of anilines is 3. The van der Waals surface area contributed by atoms with Crippen molar-refractivity contribution >= 4 is 34.8 Å². The highest BCUT2D eigenvalue weighted by molar-refractivity contribution is 6.06. The lowest BCUT2D eigenvalue weighted by molar-refractivity contribution is -0.123. The minimum Gasteiger partial charge on any atom is -0.326 e. The Balaban J connectivity index is 1.73. The summed E-state index contributed by atoms with van der Waals surface area (Å²) in [7, 11) is 0. The van der Waals surface area contributed by atoms with E-state index in [2.05, 4.69) is 10.6 Å². The average molecular weight is 379 g/mol. The van der Waals surface area contributed by atoms with Crippen LogP contribution in [0.5, 0.6) is 0 Å². The van der Waals surface area contributed by atoms with Crippen molar-refractivity contribution in [1.82, 2.24) is 0 Å². The van der Waals surface area contributed by atoms with Crippen LogP contribution in [-0.2, 0) is 16.0 Å². The van der Waals surface area contributed by atoms with Gasteiger partial charge in [0, 0.05) is 41.5 Å². The van der Waals surface area contributed by atoms with Crippen molar-refractivity contribution < 1.29 is 14.4 Å². The van der Waals surface area contributed by atoms with Gasteiger partial charge in [-0.1, -0.05) is 26.8 Å². The third-order valence-electron chi connectivity index (χ3n) is 4.68. The number of nitrogens with zero attached hydrogens (tertiary/aromatic N) is 1. The van der Waals surface area contributed by atoms with E-state index in [0.29, 0.717) is 23.5 Å². The van der Waals surface area contributed by atoms with E-state index in [-0.39, 0.29) is 17.7 Å². The highest BCUT2D eigenvalue weighted by Gasteiger charge is 2.23. The van der Waals surface area contributed by atoms with Gasteiger partial charge in [0.1, 0.15) is 0 Å². The topological polar surface area (TPSA) is 78.5 Å². The largest absolute Gasteiger partial charge is 0.326 e. The van der Waals surface area contributed by atoms with E-state index in [1.165, 1.54) is 0 Å². The van der Waals surface area contributed by atoms with Crippen LogP contribution in [-0.4, -0.2) is 24.3 Å². The molecule has 0 radical (unpaired) electrons.